The molecule has 0 radical (unpaired) electrons. The third-order valence-corrected chi connectivity index (χ3v) is 12.7. The fraction of sp³-hybridized carbons (Fsp3) is 0.0196. The van der Waals surface area contributed by atoms with Gasteiger partial charge in [-0.3, -0.25) is 0 Å². The second-order valence-electron chi connectivity index (χ2n) is 14.5. The number of thiophene rings is 1. The largest absolute Gasteiger partial charge is 0.457 e. The minimum atomic E-state index is -0.512. The normalized spacial score (nSPS) is 13.4. The lowest BCUT2D eigenvalue weighted by molar-refractivity contribution is 0.436. The fourth-order valence-electron chi connectivity index (χ4n) is 9.09. The molecule has 0 saturated heterocycles. The molecule has 3 nitrogen and oxygen atoms in total. The quantitative estimate of drug-likeness (QED) is 0.182. The maximum atomic E-state index is 6.59. The van der Waals surface area contributed by atoms with Crippen molar-refractivity contribution in [2.75, 3.05) is 0 Å². The molecule has 0 unspecified atom stereocenters. The summed E-state index contributed by atoms with van der Waals surface area (Å²) in [5, 5.41) is 3.64. The summed E-state index contributed by atoms with van der Waals surface area (Å²) in [4.78, 5) is 10.3. The highest BCUT2D eigenvalue weighted by molar-refractivity contribution is 7.26. The van der Waals surface area contributed by atoms with Gasteiger partial charge in [0, 0.05) is 32.3 Å². The first-order valence-electron chi connectivity index (χ1n) is 18.6. The summed E-state index contributed by atoms with van der Waals surface area (Å²) in [6, 6.07) is 65.4. The number of rotatable bonds is 3. The zero-order valence-electron chi connectivity index (χ0n) is 29.5. The Kier molecular flexibility index (Phi) is 6.42. The van der Waals surface area contributed by atoms with Crippen LogP contribution in [0.5, 0.6) is 11.5 Å². The van der Waals surface area contributed by atoms with Crippen LogP contribution >= 0.6 is 11.3 Å². The van der Waals surface area contributed by atoms with Crippen molar-refractivity contribution in [3.63, 3.8) is 0 Å². The van der Waals surface area contributed by atoms with Crippen molar-refractivity contribution in [1.82, 2.24) is 9.97 Å². The Morgan fingerprint density at radius 2 is 1.05 bits per heavy atom. The van der Waals surface area contributed by atoms with Crippen molar-refractivity contribution in [2.24, 2.45) is 0 Å². The van der Waals surface area contributed by atoms with Crippen molar-refractivity contribution < 1.29 is 4.74 Å². The first-order valence-corrected chi connectivity index (χ1v) is 19.5. The molecule has 2 aliphatic rings. The van der Waals surface area contributed by atoms with Gasteiger partial charge in [-0.05, 0) is 80.6 Å². The smallest absolute Gasteiger partial charge is 0.160 e. The van der Waals surface area contributed by atoms with E-state index in [9.17, 15) is 0 Å². The highest BCUT2D eigenvalue weighted by Crippen LogP contribution is 2.62. The molecule has 1 aliphatic carbocycles. The third kappa shape index (κ3) is 4.37. The molecular weight excluding hydrogens is 689 g/mol. The Hall–Kier alpha value is -6.88. The van der Waals surface area contributed by atoms with Crippen LogP contribution in [0.4, 0.5) is 0 Å². The minimum Gasteiger partial charge on any atom is -0.457 e. The lowest BCUT2D eigenvalue weighted by Gasteiger charge is -2.39. The van der Waals surface area contributed by atoms with Gasteiger partial charge in [0.1, 0.15) is 11.5 Å². The summed E-state index contributed by atoms with van der Waals surface area (Å²) >= 11 is 1.76. The van der Waals surface area contributed by atoms with Gasteiger partial charge in [-0.15, -0.1) is 11.3 Å². The van der Waals surface area contributed by atoms with Gasteiger partial charge in [-0.25, -0.2) is 9.97 Å². The number of nitrogens with zero attached hydrogens (tertiary/aromatic N) is 2. The Morgan fingerprint density at radius 3 is 1.84 bits per heavy atom. The van der Waals surface area contributed by atoms with Crippen LogP contribution in [0.1, 0.15) is 22.3 Å². The SMILES string of the molecule is c1ccc(-c2nc(-c3ccc(-c4ccc5c(c4)-c4cc6ccccc6cc4C54c5ccccc5Oc5ccccc54)cc3)c3sc4ccccc4c3n2)cc1. The van der Waals surface area contributed by atoms with Crippen LogP contribution in [-0.4, -0.2) is 9.97 Å². The molecule has 1 aliphatic heterocycles. The van der Waals surface area contributed by atoms with Crippen molar-refractivity contribution >= 4 is 42.4 Å². The summed E-state index contributed by atoms with van der Waals surface area (Å²) in [6.45, 7) is 0. The van der Waals surface area contributed by atoms with E-state index in [1.54, 1.807) is 11.3 Å². The predicted molar refractivity (Wildman–Crippen MR) is 226 cm³/mol. The van der Waals surface area contributed by atoms with Gasteiger partial charge in [0.05, 0.1) is 21.3 Å². The summed E-state index contributed by atoms with van der Waals surface area (Å²) < 4.78 is 8.92. The fourth-order valence-corrected chi connectivity index (χ4v) is 10.2. The maximum Gasteiger partial charge on any atom is 0.160 e. The second-order valence-corrected chi connectivity index (χ2v) is 15.5. The van der Waals surface area contributed by atoms with Crippen LogP contribution in [-0.2, 0) is 5.41 Å². The van der Waals surface area contributed by atoms with Crippen molar-refractivity contribution in [3.05, 3.63) is 204 Å². The Bertz CT molecular complexity index is 3140. The molecule has 10 aromatic rings. The summed E-state index contributed by atoms with van der Waals surface area (Å²) in [7, 11) is 0. The first kappa shape index (κ1) is 30.6. The predicted octanol–water partition coefficient (Wildman–Crippen LogP) is 13.5. The van der Waals surface area contributed by atoms with E-state index in [0.29, 0.717) is 0 Å². The molecule has 3 heterocycles. The van der Waals surface area contributed by atoms with E-state index in [1.807, 2.05) is 18.2 Å². The van der Waals surface area contributed by atoms with Crippen LogP contribution < -0.4 is 4.74 Å². The average Bonchev–Trinajstić information content (AvgIpc) is 3.76. The van der Waals surface area contributed by atoms with Gasteiger partial charge in [0.25, 0.3) is 0 Å². The minimum absolute atomic E-state index is 0.512. The Morgan fingerprint density at radius 1 is 0.436 bits per heavy atom. The molecule has 1 spiro atoms. The van der Waals surface area contributed by atoms with Gasteiger partial charge >= 0.3 is 0 Å². The molecule has 55 heavy (non-hydrogen) atoms. The molecule has 0 bridgehead atoms. The number of ether oxygens (including phenoxy) is 1. The number of benzene rings is 8. The topological polar surface area (TPSA) is 35.0 Å². The van der Waals surface area contributed by atoms with Crippen molar-refractivity contribution in [3.8, 4) is 56.4 Å². The second kappa shape index (κ2) is 11.6. The highest BCUT2D eigenvalue weighted by atomic mass is 32.1. The molecule has 2 aromatic heterocycles. The van der Waals surface area contributed by atoms with E-state index in [4.69, 9.17) is 14.7 Å². The van der Waals surface area contributed by atoms with Gasteiger partial charge < -0.3 is 4.74 Å². The van der Waals surface area contributed by atoms with Gasteiger partial charge in [0.15, 0.2) is 5.82 Å². The highest BCUT2D eigenvalue weighted by Gasteiger charge is 2.51. The van der Waals surface area contributed by atoms with E-state index in [0.717, 1.165) is 49.9 Å². The van der Waals surface area contributed by atoms with Crippen LogP contribution in [0.2, 0.25) is 0 Å². The van der Waals surface area contributed by atoms with Crippen LogP contribution in [0.3, 0.4) is 0 Å². The summed E-state index contributed by atoms with van der Waals surface area (Å²) in [6.07, 6.45) is 0. The molecule has 0 fully saturated rings. The van der Waals surface area contributed by atoms with E-state index in [1.165, 1.54) is 59.8 Å². The van der Waals surface area contributed by atoms with Crippen LogP contribution in [0.15, 0.2) is 182 Å². The zero-order chi connectivity index (χ0) is 36.1. The van der Waals surface area contributed by atoms with Crippen LogP contribution in [0, 0.1) is 0 Å². The van der Waals surface area contributed by atoms with Crippen molar-refractivity contribution in [2.45, 2.75) is 5.41 Å². The van der Waals surface area contributed by atoms with E-state index in [2.05, 4.69) is 164 Å². The Labute approximate surface area is 321 Å². The number of fused-ring (bicyclic) bond motifs is 13. The summed E-state index contributed by atoms with van der Waals surface area (Å²) in [5.74, 6) is 2.55. The number of hydrogen-bond acceptors (Lipinski definition) is 4. The lowest BCUT2D eigenvalue weighted by Crippen LogP contribution is -2.32. The molecule has 4 heteroatoms. The zero-order valence-corrected chi connectivity index (χ0v) is 30.3. The van der Waals surface area contributed by atoms with E-state index >= 15 is 0 Å². The van der Waals surface area contributed by atoms with Crippen molar-refractivity contribution in [1.29, 1.82) is 0 Å². The van der Waals surface area contributed by atoms with Gasteiger partial charge in [0.2, 0.25) is 0 Å². The number of para-hydroxylation sites is 2. The Balaban J connectivity index is 1.04. The van der Waals surface area contributed by atoms with Gasteiger partial charge in [-0.2, -0.15) is 0 Å². The third-order valence-electron chi connectivity index (χ3n) is 11.5. The monoisotopic (exact) mass is 718 g/mol. The van der Waals surface area contributed by atoms with E-state index < -0.39 is 5.41 Å². The summed E-state index contributed by atoms with van der Waals surface area (Å²) in [5.41, 5.74) is 13.3. The molecule has 0 amide bonds. The molecule has 0 saturated carbocycles. The number of aromatic nitrogens is 2. The van der Waals surface area contributed by atoms with Crippen LogP contribution in [0.25, 0.3) is 76.0 Å². The lowest BCUT2D eigenvalue weighted by atomic mass is 9.66. The molecule has 0 N–H and O–H groups in total. The molecule has 256 valence electrons. The standard InChI is InChI=1S/C51H30N2OS/c1-2-12-33(13-3-1)50-52-47(49-48(53-50)37-16-6-11-21-46(37)55-49)32-24-22-31(23-25-32)36-26-27-40-38(29-36)39-28-34-14-4-5-15-35(34)30-43(39)51(40)41-17-7-9-19-44(41)54-45-20-10-8-18-42(45)51/h1-30H. The molecule has 12 rings (SSSR count). The molecule has 8 aromatic carbocycles. The number of hydrogen-bond donors (Lipinski definition) is 0. The maximum absolute atomic E-state index is 6.59. The molecular formula is C51H30N2OS. The first-order chi connectivity index (χ1) is 27.2. The average molecular weight is 719 g/mol. The van der Waals surface area contributed by atoms with E-state index in [-0.39, 0.29) is 0 Å². The van der Waals surface area contributed by atoms with Gasteiger partial charge in [-0.1, -0.05) is 146 Å². The molecule has 0 atom stereocenters.